The highest BCUT2D eigenvalue weighted by molar-refractivity contribution is 6.04. The van der Waals surface area contributed by atoms with Crippen molar-refractivity contribution in [1.82, 2.24) is 0 Å². The van der Waals surface area contributed by atoms with Gasteiger partial charge in [-0.05, 0) is 42.8 Å². The first-order chi connectivity index (χ1) is 13.3. The highest BCUT2D eigenvalue weighted by Crippen LogP contribution is 2.34. The predicted octanol–water partition coefficient (Wildman–Crippen LogP) is 2.83. The molecule has 1 heterocycles. The number of carboxylic acids is 1. The van der Waals surface area contributed by atoms with Crippen LogP contribution in [0.3, 0.4) is 0 Å². The van der Waals surface area contributed by atoms with Crippen LogP contribution in [-0.2, 0) is 9.59 Å². The first-order valence-electron chi connectivity index (χ1n) is 8.59. The Bertz CT molecular complexity index is 960. The van der Waals surface area contributed by atoms with Gasteiger partial charge >= 0.3 is 5.97 Å². The molecule has 1 fully saturated rings. The number of methoxy groups -OCH3 is 1. The predicted molar refractivity (Wildman–Crippen MR) is 100 cm³/mol. The van der Waals surface area contributed by atoms with E-state index >= 15 is 0 Å². The van der Waals surface area contributed by atoms with Gasteiger partial charge < -0.3 is 20.1 Å². The number of aromatic carboxylic acids is 1. The number of carbonyl (C=O) groups is 3. The van der Waals surface area contributed by atoms with E-state index in [1.54, 1.807) is 12.1 Å². The molecule has 28 heavy (non-hydrogen) atoms. The topological polar surface area (TPSA) is 95.9 Å². The second kappa shape index (κ2) is 7.67. The Balaban J connectivity index is 1.76. The molecule has 2 N–H and O–H groups in total. The largest absolute Gasteiger partial charge is 0.495 e. The van der Waals surface area contributed by atoms with Gasteiger partial charge in [-0.3, -0.25) is 9.59 Å². The number of halogens is 1. The van der Waals surface area contributed by atoms with E-state index in [9.17, 15) is 18.8 Å². The summed E-state index contributed by atoms with van der Waals surface area (Å²) in [6.45, 7) is 2.02. The minimum absolute atomic E-state index is 0.0161. The quantitative estimate of drug-likeness (QED) is 0.824. The molecule has 7 nitrogen and oxygen atoms in total. The molecule has 0 radical (unpaired) electrons. The molecule has 0 bridgehead atoms. The first kappa shape index (κ1) is 19.3. The fraction of sp³-hybridized carbons (Fsp3) is 0.250. The summed E-state index contributed by atoms with van der Waals surface area (Å²) >= 11 is 0. The van der Waals surface area contributed by atoms with Crippen LogP contribution >= 0.6 is 0 Å². The Morgan fingerprint density at radius 2 is 2.00 bits per heavy atom. The van der Waals surface area contributed by atoms with Gasteiger partial charge in [-0.15, -0.1) is 0 Å². The van der Waals surface area contributed by atoms with Crippen LogP contribution in [0.15, 0.2) is 36.4 Å². The number of amides is 2. The van der Waals surface area contributed by atoms with Gasteiger partial charge in [0, 0.05) is 13.0 Å². The monoisotopic (exact) mass is 386 g/mol. The molecule has 1 atom stereocenters. The molecule has 8 heteroatoms. The summed E-state index contributed by atoms with van der Waals surface area (Å²) in [5.41, 5.74) is 1.18. The Morgan fingerprint density at radius 1 is 1.25 bits per heavy atom. The minimum Gasteiger partial charge on any atom is -0.495 e. The van der Waals surface area contributed by atoms with Gasteiger partial charge in [-0.2, -0.15) is 0 Å². The van der Waals surface area contributed by atoms with Crippen molar-refractivity contribution in [1.29, 1.82) is 0 Å². The summed E-state index contributed by atoms with van der Waals surface area (Å²) in [6.07, 6.45) is -0.0161. The number of rotatable bonds is 5. The molecule has 2 aromatic carbocycles. The second-order valence-corrected chi connectivity index (χ2v) is 6.57. The van der Waals surface area contributed by atoms with Crippen molar-refractivity contribution in [3.05, 3.63) is 53.3 Å². The lowest BCUT2D eigenvalue weighted by Crippen LogP contribution is -2.28. The third-order valence-electron chi connectivity index (χ3n) is 4.59. The molecule has 0 spiro atoms. The zero-order valence-corrected chi connectivity index (χ0v) is 15.4. The maximum absolute atomic E-state index is 14.0. The zero-order valence-electron chi connectivity index (χ0n) is 15.4. The van der Waals surface area contributed by atoms with Crippen LogP contribution in [0, 0.1) is 18.7 Å². The average Bonchev–Trinajstić information content (AvgIpc) is 3.04. The van der Waals surface area contributed by atoms with Crippen molar-refractivity contribution >= 4 is 29.2 Å². The van der Waals surface area contributed by atoms with E-state index in [-0.39, 0.29) is 30.1 Å². The zero-order chi connectivity index (χ0) is 20.4. The van der Waals surface area contributed by atoms with Gasteiger partial charge in [0.2, 0.25) is 11.8 Å². The molecule has 1 aliphatic rings. The third-order valence-corrected chi connectivity index (χ3v) is 4.59. The number of benzene rings is 2. The van der Waals surface area contributed by atoms with Crippen LogP contribution in [0.1, 0.15) is 22.3 Å². The van der Waals surface area contributed by atoms with E-state index in [0.717, 1.165) is 11.6 Å². The maximum atomic E-state index is 14.0. The summed E-state index contributed by atoms with van der Waals surface area (Å²) in [7, 11) is 1.50. The maximum Gasteiger partial charge on any atom is 0.335 e. The molecule has 1 saturated heterocycles. The van der Waals surface area contributed by atoms with E-state index < -0.39 is 23.6 Å². The standard InChI is InChI=1S/C20H19FN2O5/c1-11-3-6-17(28-2)16(7-11)23-10-13(9-18(23)24)19(25)22-15-5-4-12(20(26)27)8-14(15)21/h3-8,13H,9-10H2,1-2H3,(H,22,25)(H,26,27). The smallest absolute Gasteiger partial charge is 0.335 e. The Labute approximate surface area is 160 Å². The van der Waals surface area contributed by atoms with Crippen molar-refractivity contribution < 1.29 is 28.6 Å². The van der Waals surface area contributed by atoms with Crippen LogP contribution in [0.2, 0.25) is 0 Å². The van der Waals surface area contributed by atoms with E-state index in [1.165, 1.54) is 24.1 Å². The Kier molecular flexibility index (Phi) is 5.30. The van der Waals surface area contributed by atoms with E-state index in [0.29, 0.717) is 11.4 Å². The Morgan fingerprint density at radius 3 is 2.64 bits per heavy atom. The number of hydrogen-bond donors (Lipinski definition) is 2. The van der Waals surface area contributed by atoms with Crippen LogP contribution in [0.25, 0.3) is 0 Å². The number of anilines is 2. The van der Waals surface area contributed by atoms with Gasteiger partial charge in [0.1, 0.15) is 11.6 Å². The molecular weight excluding hydrogens is 367 g/mol. The number of nitrogens with one attached hydrogen (secondary N) is 1. The molecule has 3 rings (SSSR count). The summed E-state index contributed by atoms with van der Waals surface area (Å²) in [4.78, 5) is 37.3. The molecule has 1 unspecified atom stereocenters. The number of carbonyl (C=O) groups excluding carboxylic acids is 2. The lowest BCUT2D eigenvalue weighted by Gasteiger charge is -2.20. The number of aryl methyl sites for hydroxylation is 1. The van der Waals surface area contributed by atoms with Crippen LogP contribution < -0.4 is 15.0 Å². The third kappa shape index (κ3) is 3.80. The van der Waals surface area contributed by atoms with Crippen LogP contribution in [0.4, 0.5) is 15.8 Å². The minimum atomic E-state index is -1.26. The summed E-state index contributed by atoms with van der Waals surface area (Å²) in [6, 6.07) is 8.64. The normalized spacial score (nSPS) is 16.2. The molecule has 2 aromatic rings. The number of hydrogen-bond acceptors (Lipinski definition) is 4. The molecule has 0 aromatic heterocycles. The van der Waals surface area contributed by atoms with Crippen molar-refractivity contribution in [2.75, 3.05) is 23.9 Å². The van der Waals surface area contributed by atoms with Crippen molar-refractivity contribution in [3.8, 4) is 5.75 Å². The van der Waals surface area contributed by atoms with Gasteiger partial charge in [0.15, 0.2) is 0 Å². The van der Waals surface area contributed by atoms with Crippen LogP contribution in [0.5, 0.6) is 5.75 Å². The van der Waals surface area contributed by atoms with Crippen molar-refractivity contribution in [3.63, 3.8) is 0 Å². The number of carboxylic acid groups (broad SMARTS) is 1. The molecule has 2 amide bonds. The summed E-state index contributed by atoms with van der Waals surface area (Å²) < 4.78 is 19.4. The molecule has 1 aliphatic heterocycles. The second-order valence-electron chi connectivity index (χ2n) is 6.57. The SMILES string of the molecule is COc1ccc(C)cc1N1CC(C(=O)Nc2ccc(C(=O)O)cc2F)CC1=O. The molecule has 146 valence electrons. The van der Waals surface area contributed by atoms with Crippen molar-refractivity contribution in [2.45, 2.75) is 13.3 Å². The van der Waals surface area contributed by atoms with Crippen LogP contribution in [-0.4, -0.2) is 36.5 Å². The molecule has 0 aliphatic carbocycles. The van der Waals surface area contributed by atoms with E-state index in [1.807, 2.05) is 13.0 Å². The van der Waals surface area contributed by atoms with Crippen molar-refractivity contribution in [2.24, 2.45) is 5.92 Å². The highest BCUT2D eigenvalue weighted by atomic mass is 19.1. The number of ether oxygens (including phenoxy) is 1. The fourth-order valence-corrected chi connectivity index (χ4v) is 3.11. The van der Waals surface area contributed by atoms with E-state index in [2.05, 4.69) is 5.32 Å². The first-order valence-corrected chi connectivity index (χ1v) is 8.59. The Hall–Kier alpha value is -3.42. The van der Waals surface area contributed by atoms with Gasteiger partial charge in [0.25, 0.3) is 0 Å². The lowest BCUT2D eigenvalue weighted by molar-refractivity contribution is -0.122. The van der Waals surface area contributed by atoms with Gasteiger partial charge in [-0.25, -0.2) is 9.18 Å². The van der Waals surface area contributed by atoms with Gasteiger partial charge in [-0.1, -0.05) is 6.07 Å². The van der Waals surface area contributed by atoms with Gasteiger partial charge in [0.05, 0.1) is 30.0 Å². The highest BCUT2D eigenvalue weighted by Gasteiger charge is 2.36. The summed E-state index contributed by atoms with van der Waals surface area (Å²) in [5.74, 6) is -3.00. The fourth-order valence-electron chi connectivity index (χ4n) is 3.11. The molecular formula is C20H19FN2O5. The molecule has 0 saturated carbocycles. The lowest BCUT2D eigenvalue weighted by atomic mass is 10.1. The van der Waals surface area contributed by atoms with E-state index in [4.69, 9.17) is 9.84 Å². The summed E-state index contributed by atoms with van der Waals surface area (Å²) in [5, 5.41) is 11.3. The number of nitrogens with zero attached hydrogens (tertiary/aromatic N) is 1. The average molecular weight is 386 g/mol.